The topological polar surface area (TPSA) is 177 Å². The molecule has 2 aliphatic heterocycles. The first kappa shape index (κ1) is 21.4. The zero-order chi connectivity index (χ0) is 26.9. The molecule has 3 aromatic rings. The van der Waals surface area contributed by atoms with Crippen molar-refractivity contribution in [3.05, 3.63) is 71.9 Å². The van der Waals surface area contributed by atoms with Crippen LogP contribution in [0.5, 0.6) is 0 Å². The summed E-state index contributed by atoms with van der Waals surface area (Å²) >= 11 is 0. The standard InChI is InChI=1S/C28H14N8O4/c37-21-9-1-2-10(22(21)38)18-17(9)25-31-13-5-6-15(29-13)33-27-19-11-3-4-12(24(40)23(11)39)20(19)28(36-27)34-16-8-7-14(30-16)32-26(18)35-25/h1-12H,(H2,29,30,31,32,33,34,35,36)/t9-,10-,11-,12-/m0/s1. The van der Waals surface area contributed by atoms with E-state index in [0.717, 1.165) is 0 Å². The zero-order valence-electron chi connectivity index (χ0n) is 20.2. The molecule has 0 fully saturated rings. The maximum Gasteiger partial charge on any atom is 0.210 e. The fourth-order valence-electron chi connectivity index (χ4n) is 6.27. The molecule has 0 spiro atoms. The number of hydrogen-bond donors (Lipinski definition) is 2. The van der Waals surface area contributed by atoms with E-state index >= 15 is 0 Å². The molecule has 4 atom stereocenters. The second-order valence-electron chi connectivity index (χ2n) is 10.2. The number of aromatic nitrogens is 8. The van der Waals surface area contributed by atoms with Crippen LogP contribution in [-0.4, -0.2) is 63.0 Å². The zero-order valence-corrected chi connectivity index (χ0v) is 20.2. The van der Waals surface area contributed by atoms with Gasteiger partial charge in [-0.3, -0.25) is 19.2 Å². The molecule has 0 saturated carbocycles. The minimum absolute atomic E-state index is 0.295. The Bertz CT molecular complexity index is 1840. The molecule has 12 bridgehead atoms. The lowest BCUT2D eigenvalue weighted by Gasteiger charge is -2.29. The number of hydrogen-bond acceptors (Lipinski definition) is 10. The van der Waals surface area contributed by atoms with E-state index in [1.807, 2.05) is 0 Å². The highest BCUT2D eigenvalue weighted by Crippen LogP contribution is 2.48. The summed E-state index contributed by atoms with van der Waals surface area (Å²) in [6.45, 7) is 0. The quantitative estimate of drug-likeness (QED) is 0.323. The molecule has 12 nitrogen and oxygen atoms in total. The summed E-state index contributed by atoms with van der Waals surface area (Å²) in [5.41, 5.74) is 3.98. The Morgan fingerprint density at radius 1 is 0.400 bits per heavy atom. The number of nitrogens with one attached hydrogen (secondary N) is 2. The van der Waals surface area contributed by atoms with Gasteiger partial charge in [-0.05, 0) is 24.3 Å². The van der Waals surface area contributed by atoms with Crippen LogP contribution in [0.4, 0.5) is 0 Å². The van der Waals surface area contributed by atoms with E-state index in [1.54, 1.807) is 48.6 Å². The number of carbonyl (C=O) groups is 4. The SMILES string of the molecule is O=C1C(=O)[C@H]2C=C[C@H]1C1=C2c2nc1nc1ccc(nc3nc(nc4ccc(n2)[nH]4)C2=C3[C@@H]3C=C[C@@H]2C(=O)C3=O)[nH]1. The fourth-order valence-corrected chi connectivity index (χ4v) is 6.27. The van der Waals surface area contributed by atoms with Gasteiger partial charge < -0.3 is 9.97 Å². The van der Waals surface area contributed by atoms with E-state index in [4.69, 9.17) is 0 Å². The third-order valence-electron chi connectivity index (χ3n) is 8.04. The van der Waals surface area contributed by atoms with Crippen molar-refractivity contribution in [3.63, 3.8) is 0 Å². The number of ketones is 4. The van der Waals surface area contributed by atoms with Gasteiger partial charge in [0.2, 0.25) is 23.1 Å². The number of Topliss-reactive ketones (excluding diaryl/α,β-unsaturated/α-hetero) is 4. The predicted molar refractivity (Wildman–Crippen MR) is 138 cm³/mol. The van der Waals surface area contributed by atoms with E-state index in [2.05, 4.69) is 39.9 Å². The average molecular weight is 526 g/mol. The lowest BCUT2D eigenvalue weighted by atomic mass is 9.70. The van der Waals surface area contributed by atoms with E-state index in [9.17, 15) is 19.2 Å². The van der Waals surface area contributed by atoms with Crippen LogP contribution in [0.1, 0.15) is 23.3 Å². The molecule has 5 heterocycles. The summed E-state index contributed by atoms with van der Waals surface area (Å²) in [7, 11) is 0. The van der Waals surface area contributed by atoms with Gasteiger partial charge in [-0.1, -0.05) is 24.3 Å². The second-order valence-corrected chi connectivity index (χ2v) is 10.2. The summed E-state index contributed by atoms with van der Waals surface area (Å²) in [4.78, 5) is 85.1. The maximum atomic E-state index is 12.7. The highest BCUT2D eigenvalue weighted by atomic mass is 16.2. The number of fused-ring (bicyclic) bond motifs is 10. The molecule has 40 heavy (non-hydrogen) atoms. The Labute approximate surface area is 222 Å². The Kier molecular flexibility index (Phi) is 3.81. The second kappa shape index (κ2) is 7.11. The summed E-state index contributed by atoms with van der Waals surface area (Å²) in [6.07, 6.45) is 6.89. The minimum atomic E-state index is -0.764. The van der Waals surface area contributed by atoms with E-state index in [0.29, 0.717) is 68.2 Å². The molecule has 12 heteroatoms. The smallest absolute Gasteiger partial charge is 0.210 e. The highest BCUT2D eigenvalue weighted by Gasteiger charge is 2.49. The van der Waals surface area contributed by atoms with Gasteiger partial charge in [0.25, 0.3) is 0 Å². The normalized spacial score (nSPS) is 25.8. The van der Waals surface area contributed by atoms with Crippen molar-refractivity contribution in [1.82, 2.24) is 39.9 Å². The molecule has 8 aliphatic rings. The molecule has 0 aromatic carbocycles. The van der Waals surface area contributed by atoms with Gasteiger partial charge in [0.1, 0.15) is 22.6 Å². The predicted octanol–water partition coefficient (Wildman–Crippen LogP) is 1.62. The lowest BCUT2D eigenvalue weighted by Crippen LogP contribution is -2.38. The van der Waals surface area contributed by atoms with Crippen molar-refractivity contribution in [2.45, 2.75) is 0 Å². The van der Waals surface area contributed by atoms with Gasteiger partial charge >= 0.3 is 0 Å². The molecular weight excluding hydrogens is 512 g/mol. The van der Waals surface area contributed by atoms with Crippen LogP contribution >= 0.6 is 0 Å². The van der Waals surface area contributed by atoms with Crippen LogP contribution in [0.25, 0.3) is 44.9 Å². The number of allylic oxidation sites excluding steroid dienone is 8. The fraction of sp³-hybridized carbons (Fsp3) is 0.143. The third-order valence-corrected chi connectivity index (χ3v) is 8.04. The van der Waals surface area contributed by atoms with Gasteiger partial charge in [-0.2, -0.15) is 0 Å². The van der Waals surface area contributed by atoms with Crippen molar-refractivity contribution in [2.24, 2.45) is 23.7 Å². The third kappa shape index (κ3) is 2.64. The van der Waals surface area contributed by atoms with E-state index < -0.39 is 46.8 Å². The van der Waals surface area contributed by atoms with Gasteiger partial charge in [0.05, 0.1) is 23.7 Å². The van der Waals surface area contributed by atoms with Gasteiger partial charge in [0, 0.05) is 22.3 Å². The summed E-state index contributed by atoms with van der Waals surface area (Å²) in [5.74, 6) is -3.81. The summed E-state index contributed by atoms with van der Waals surface area (Å²) in [6, 6.07) is 6.82. The molecule has 11 rings (SSSR count). The van der Waals surface area contributed by atoms with Gasteiger partial charge in [-0.25, -0.2) is 29.9 Å². The van der Waals surface area contributed by atoms with Crippen LogP contribution in [0, 0.1) is 23.7 Å². The number of carbonyl (C=O) groups excluding carboxylic acids is 4. The molecule has 0 amide bonds. The minimum Gasteiger partial charge on any atom is -0.325 e. The molecular formula is C28H14N8O4. The Morgan fingerprint density at radius 2 is 0.650 bits per heavy atom. The number of H-pyrrole nitrogens is 2. The molecule has 190 valence electrons. The molecule has 0 unspecified atom stereocenters. The van der Waals surface area contributed by atoms with Crippen molar-refractivity contribution in [1.29, 1.82) is 0 Å². The molecule has 6 aliphatic carbocycles. The number of rotatable bonds is 0. The Balaban J connectivity index is 1.34. The van der Waals surface area contributed by atoms with Crippen LogP contribution in [0.15, 0.2) is 48.6 Å². The van der Waals surface area contributed by atoms with E-state index in [-0.39, 0.29) is 0 Å². The molecule has 3 aromatic heterocycles. The summed E-state index contributed by atoms with van der Waals surface area (Å²) in [5, 5.41) is 0. The van der Waals surface area contributed by atoms with Crippen LogP contribution in [-0.2, 0) is 19.2 Å². The Morgan fingerprint density at radius 3 is 0.900 bits per heavy atom. The van der Waals surface area contributed by atoms with Crippen LogP contribution in [0.3, 0.4) is 0 Å². The average Bonchev–Trinajstić information content (AvgIpc) is 3.73. The first-order chi connectivity index (χ1) is 19.4. The Hall–Kier alpha value is -5.52. The van der Waals surface area contributed by atoms with Crippen LogP contribution < -0.4 is 0 Å². The largest absolute Gasteiger partial charge is 0.325 e. The van der Waals surface area contributed by atoms with E-state index in [1.165, 1.54) is 0 Å². The first-order valence-corrected chi connectivity index (χ1v) is 12.6. The molecule has 2 N–H and O–H groups in total. The monoisotopic (exact) mass is 526 g/mol. The van der Waals surface area contributed by atoms with Crippen molar-refractivity contribution < 1.29 is 19.2 Å². The maximum absolute atomic E-state index is 12.7. The van der Waals surface area contributed by atoms with Gasteiger partial charge in [-0.15, -0.1) is 0 Å². The molecule has 0 saturated heterocycles. The van der Waals surface area contributed by atoms with Crippen molar-refractivity contribution in [2.75, 3.05) is 0 Å². The van der Waals surface area contributed by atoms with Crippen molar-refractivity contribution in [3.8, 4) is 0 Å². The highest BCUT2D eigenvalue weighted by molar-refractivity contribution is 6.48. The van der Waals surface area contributed by atoms with Crippen molar-refractivity contribution >= 4 is 68.0 Å². The number of nitrogens with zero attached hydrogens (tertiary/aromatic N) is 6. The summed E-state index contributed by atoms with van der Waals surface area (Å²) < 4.78 is 0. The number of aromatic amines is 2. The molecule has 0 radical (unpaired) electrons. The first-order valence-electron chi connectivity index (χ1n) is 12.6. The van der Waals surface area contributed by atoms with Crippen LogP contribution in [0.2, 0.25) is 0 Å². The van der Waals surface area contributed by atoms with Gasteiger partial charge in [0.15, 0.2) is 23.3 Å². The lowest BCUT2D eigenvalue weighted by molar-refractivity contribution is -0.138.